The van der Waals surface area contributed by atoms with Crippen LogP contribution in [0.1, 0.15) is 11.1 Å². The minimum Gasteiger partial charge on any atom is -0.0616 e. The Hall–Kier alpha value is -2.42. The molecule has 0 N–H and O–H groups in total. The molecule has 0 unspecified atom stereocenters. The summed E-state index contributed by atoms with van der Waals surface area (Å²) in [7, 11) is 0. The molecule has 0 saturated heterocycles. The SMILES string of the molecule is Brc1cc2c(c(=c3cccc4c3=Cc3ccccc3-4)c1Br)=Cc1ccccc1-2. The summed E-state index contributed by atoms with van der Waals surface area (Å²) in [6, 6.07) is 26.1. The lowest BCUT2D eigenvalue weighted by Gasteiger charge is -2.06. The molecule has 0 aromatic heterocycles. The number of halogens is 2. The van der Waals surface area contributed by atoms with E-state index >= 15 is 0 Å². The Labute approximate surface area is 179 Å². The number of fused-ring (bicyclic) bond motifs is 6. The van der Waals surface area contributed by atoms with Gasteiger partial charge in [-0.15, -0.1) is 0 Å². The molecular formula is C26H14Br2. The lowest BCUT2D eigenvalue weighted by molar-refractivity contribution is 1.37. The first-order valence-corrected chi connectivity index (χ1v) is 10.8. The van der Waals surface area contributed by atoms with Gasteiger partial charge in [-0.2, -0.15) is 0 Å². The van der Waals surface area contributed by atoms with Gasteiger partial charge in [0.15, 0.2) is 0 Å². The molecule has 2 aliphatic carbocycles. The fourth-order valence-corrected chi connectivity index (χ4v) is 5.47. The first-order chi connectivity index (χ1) is 13.7. The van der Waals surface area contributed by atoms with Crippen molar-refractivity contribution in [2.24, 2.45) is 0 Å². The molecule has 4 aromatic carbocycles. The van der Waals surface area contributed by atoms with Crippen LogP contribution >= 0.6 is 31.9 Å². The fourth-order valence-electron chi connectivity index (χ4n) is 4.50. The quantitative estimate of drug-likeness (QED) is 0.243. The van der Waals surface area contributed by atoms with E-state index in [0.717, 1.165) is 8.95 Å². The monoisotopic (exact) mass is 484 g/mol. The minimum absolute atomic E-state index is 1.08. The third kappa shape index (κ3) is 2.22. The van der Waals surface area contributed by atoms with Crippen LogP contribution in [0.3, 0.4) is 0 Å². The number of hydrogen-bond donors (Lipinski definition) is 0. The van der Waals surface area contributed by atoms with Gasteiger partial charge in [0.05, 0.1) is 0 Å². The van der Waals surface area contributed by atoms with Crippen LogP contribution in [0.4, 0.5) is 0 Å². The summed E-state index contributed by atoms with van der Waals surface area (Å²) in [6.07, 6.45) is 4.64. The summed E-state index contributed by atoms with van der Waals surface area (Å²) in [5.74, 6) is 0. The lowest BCUT2D eigenvalue weighted by Crippen LogP contribution is -2.12. The Morgan fingerprint density at radius 3 is 1.89 bits per heavy atom. The second kappa shape index (κ2) is 6.04. The van der Waals surface area contributed by atoms with E-state index in [1.54, 1.807) is 0 Å². The molecule has 0 heterocycles. The lowest BCUT2D eigenvalue weighted by atomic mass is 10.0. The molecule has 2 heteroatoms. The number of hydrogen-bond acceptors (Lipinski definition) is 0. The molecule has 4 aromatic rings. The van der Waals surface area contributed by atoms with Crippen molar-refractivity contribution in [3.63, 3.8) is 0 Å². The summed E-state index contributed by atoms with van der Waals surface area (Å²) >= 11 is 7.66. The Kier molecular flexibility index (Phi) is 3.56. The van der Waals surface area contributed by atoms with E-state index < -0.39 is 0 Å². The van der Waals surface area contributed by atoms with Crippen LogP contribution in [0.2, 0.25) is 0 Å². The van der Waals surface area contributed by atoms with Gasteiger partial charge in [-0.25, -0.2) is 0 Å². The van der Waals surface area contributed by atoms with Gasteiger partial charge in [-0.3, -0.25) is 0 Å². The van der Waals surface area contributed by atoms with E-state index in [2.05, 4.69) is 117 Å². The molecule has 0 fully saturated rings. The first kappa shape index (κ1) is 16.5. The van der Waals surface area contributed by atoms with Crippen molar-refractivity contribution in [1.29, 1.82) is 0 Å². The second-order valence-electron chi connectivity index (χ2n) is 7.24. The molecule has 0 saturated carbocycles. The maximum absolute atomic E-state index is 3.88. The maximum Gasteiger partial charge on any atom is 0.0402 e. The Bertz CT molecular complexity index is 1530. The molecule has 0 amide bonds. The Morgan fingerprint density at radius 1 is 0.536 bits per heavy atom. The average Bonchev–Trinajstić information content (AvgIpc) is 3.27. The van der Waals surface area contributed by atoms with E-state index in [1.165, 1.54) is 54.3 Å². The van der Waals surface area contributed by atoms with Crippen LogP contribution in [-0.2, 0) is 0 Å². The molecular weight excluding hydrogens is 472 g/mol. The molecule has 132 valence electrons. The first-order valence-electron chi connectivity index (χ1n) is 9.26. The van der Waals surface area contributed by atoms with Gasteiger partial charge in [-0.1, -0.05) is 66.7 Å². The zero-order valence-electron chi connectivity index (χ0n) is 14.8. The third-order valence-electron chi connectivity index (χ3n) is 5.74. The fraction of sp³-hybridized carbons (Fsp3) is 0. The molecule has 0 spiro atoms. The predicted octanol–water partition coefficient (Wildman–Crippen LogP) is 6.12. The van der Waals surface area contributed by atoms with E-state index in [4.69, 9.17) is 0 Å². The van der Waals surface area contributed by atoms with Crippen LogP contribution in [0.25, 0.3) is 34.4 Å². The molecule has 0 aliphatic heterocycles. The van der Waals surface area contributed by atoms with Crippen molar-refractivity contribution in [2.75, 3.05) is 0 Å². The third-order valence-corrected chi connectivity index (χ3v) is 7.72. The number of benzene rings is 4. The Morgan fingerprint density at radius 2 is 1.14 bits per heavy atom. The smallest absolute Gasteiger partial charge is 0.0402 e. The standard InChI is InChI=1S/C26H14Br2/c27-24-14-22-18-9-4-2-7-16(18)13-23(22)25(26(24)28)20-11-5-10-19-17-8-3-1-6-15(17)12-21(19)20/h1-14H. The summed E-state index contributed by atoms with van der Waals surface area (Å²) in [5.41, 5.74) is 7.78. The van der Waals surface area contributed by atoms with E-state index in [9.17, 15) is 0 Å². The van der Waals surface area contributed by atoms with Gasteiger partial charge in [0, 0.05) is 14.2 Å². The molecule has 0 atom stereocenters. The summed E-state index contributed by atoms with van der Waals surface area (Å²) in [4.78, 5) is 0. The van der Waals surface area contributed by atoms with Gasteiger partial charge in [-0.05, 0) is 99.1 Å². The van der Waals surface area contributed by atoms with Crippen LogP contribution in [0.15, 0.2) is 81.7 Å². The highest BCUT2D eigenvalue weighted by molar-refractivity contribution is 9.13. The van der Waals surface area contributed by atoms with E-state index in [-0.39, 0.29) is 0 Å². The number of rotatable bonds is 0. The normalized spacial score (nSPS) is 13.8. The summed E-state index contributed by atoms with van der Waals surface area (Å²) in [6.45, 7) is 0. The van der Waals surface area contributed by atoms with Crippen LogP contribution in [0, 0.1) is 10.4 Å². The van der Waals surface area contributed by atoms with Gasteiger partial charge in [0.2, 0.25) is 0 Å². The van der Waals surface area contributed by atoms with Crippen LogP contribution in [-0.4, -0.2) is 0 Å². The van der Waals surface area contributed by atoms with Gasteiger partial charge < -0.3 is 0 Å². The van der Waals surface area contributed by atoms with Gasteiger partial charge in [0.25, 0.3) is 0 Å². The average molecular weight is 486 g/mol. The van der Waals surface area contributed by atoms with E-state index in [0.29, 0.717) is 0 Å². The maximum atomic E-state index is 3.88. The van der Waals surface area contributed by atoms with Gasteiger partial charge >= 0.3 is 0 Å². The van der Waals surface area contributed by atoms with Crippen LogP contribution in [0.5, 0.6) is 0 Å². The van der Waals surface area contributed by atoms with E-state index in [1.807, 2.05) is 0 Å². The predicted molar refractivity (Wildman–Crippen MR) is 123 cm³/mol. The molecule has 0 nitrogen and oxygen atoms in total. The molecule has 0 bridgehead atoms. The van der Waals surface area contributed by atoms with Crippen LogP contribution < -0.4 is 10.4 Å². The molecule has 2 aliphatic rings. The highest BCUT2D eigenvalue weighted by atomic mass is 79.9. The van der Waals surface area contributed by atoms with Crippen molar-refractivity contribution in [3.8, 4) is 22.3 Å². The Balaban J connectivity index is 1.88. The van der Waals surface area contributed by atoms with Crippen molar-refractivity contribution in [1.82, 2.24) is 0 Å². The minimum atomic E-state index is 1.08. The molecule has 0 radical (unpaired) electrons. The summed E-state index contributed by atoms with van der Waals surface area (Å²) in [5, 5.41) is 5.10. The zero-order chi connectivity index (χ0) is 18.8. The topological polar surface area (TPSA) is 0 Å². The molecule has 6 rings (SSSR count). The zero-order valence-corrected chi connectivity index (χ0v) is 18.0. The summed E-state index contributed by atoms with van der Waals surface area (Å²) < 4.78 is 2.19. The second-order valence-corrected chi connectivity index (χ2v) is 8.89. The van der Waals surface area contributed by atoms with Gasteiger partial charge in [0.1, 0.15) is 0 Å². The van der Waals surface area contributed by atoms with Crippen molar-refractivity contribution < 1.29 is 0 Å². The van der Waals surface area contributed by atoms with Crippen molar-refractivity contribution >= 4 is 44.0 Å². The highest BCUT2D eigenvalue weighted by Crippen LogP contribution is 2.33. The van der Waals surface area contributed by atoms with Crippen molar-refractivity contribution in [3.05, 3.63) is 114 Å². The molecule has 28 heavy (non-hydrogen) atoms. The highest BCUT2D eigenvalue weighted by Gasteiger charge is 2.17. The largest absolute Gasteiger partial charge is 0.0616 e. The van der Waals surface area contributed by atoms with Crippen molar-refractivity contribution in [2.45, 2.75) is 0 Å².